The summed E-state index contributed by atoms with van der Waals surface area (Å²) in [4.78, 5) is 16.2. The first-order chi connectivity index (χ1) is 9.76. The fraction of sp³-hybridized carbons (Fsp3) is 0.733. The van der Waals surface area contributed by atoms with Crippen LogP contribution in [0.5, 0.6) is 5.88 Å². The van der Waals surface area contributed by atoms with Gasteiger partial charge in [0.05, 0.1) is 6.61 Å². The largest absolute Gasteiger partial charge is 0.473 e. The number of hydrogen-bond acceptors (Lipinski definition) is 4. The van der Waals surface area contributed by atoms with Gasteiger partial charge in [-0.2, -0.15) is 0 Å². The average molecular weight is 279 g/mol. The second-order valence-electron chi connectivity index (χ2n) is 5.58. The summed E-state index contributed by atoms with van der Waals surface area (Å²) in [5.41, 5.74) is 5.69. The lowest BCUT2D eigenvalue weighted by Crippen LogP contribution is -2.32. The monoisotopic (exact) mass is 279 g/mol. The third kappa shape index (κ3) is 3.60. The molecule has 0 amide bonds. The van der Waals surface area contributed by atoms with E-state index >= 15 is 0 Å². The summed E-state index contributed by atoms with van der Waals surface area (Å²) in [6.07, 6.45) is 9.06. The molecule has 1 aliphatic carbocycles. The summed E-state index contributed by atoms with van der Waals surface area (Å²) in [6.45, 7) is 4.00. The molecule has 1 aromatic heterocycles. The van der Waals surface area contributed by atoms with Gasteiger partial charge in [0.1, 0.15) is 0 Å². The van der Waals surface area contributed by atoms with E-state index in [1.807, 2.05) is 6.92 Å². The molecule has 5 nitrogen and oxygen atoms in total. The normalized spacial score (nSPS) is 22.7. The van der Waals surface area contributed by atoms with E-state index in [1.54, 1.807) is 17.0 Å². The minimum absolute atomic E-state index is 0.130. The van der Waals surface area contributed by atoms with E-state index in [2.05, 4.69) is 4.98 Å². The molecule has 2 N–H and O–H groups in total. The Labute approximate surface area is 120 Å². The highest BCUT2D eigenvalue weighted by molar-refractivity contribution is 5.04. The lowest BCUT2D eigenvalue weighted by atomic mass is 9.80. The van der Waals surface area contributed by atoms with Crippen LogP contribution in [0.2, 0.25) is 0 Å². The maximum absolute atomic E-state index is 12.1. The van der Waals surface area contributed by atoms with Crippen molar-refractivity contribution in [1.29, 1.82) is 0 Å². The standard InChI is InChI=1S/C15H25N3O2/c1-2-8-18-9-7-17-14(15(18)19)20-11-13-6-4-3-5-12(13)10-16/h7,9,12-13H,2-6,8,10-11,16H2,1H3. The summed E-state index contributed by atoms with van der Waals surface area (Å²) in [6, 6.07) is 0. The quantitative estimate of drug-likeness (QED) is 0.862. The third-order valence-electron chi connectivity index (χ3n) is 4.15. The van der Waals surface area contributed by atoms with E-state index in [9.17, 15) is 4.79 Å². The molecule has 2 rings (SSSR count). The summed E-state index contributed by atoms with van der Waals surface area (Å²) < 4.78 is 7.35. The van der Waals surface area contributed by atoms with Crippen LogP contribution in [-0.4, -0.2) is 22.7 Å². The Hall–Kier alpha value is -1.36. The minimum atomic E-state index is -0.130. The van der Waals surface area contributed by atoms with E-state index in [4.69, 9.17) is 10.5 Å². The van der Waals surface area contributed by atoms with Gasteiger partial charge in [-0.15, -0.1) is 0 Å². The van der Waals surface area contributed by atoms with E-state index in [-0.39, 0.29) is 11.4 Å². The average Bonchev–Trinajstić information content (AvgIpc) is 2.48. The van der Waals surface area contributed by atoms with E-state index in [1.165, 1.54) is 19.3 Å². The summed E-state index contributed by atoms with van der Waals surface area (Å²) in [5, 5.41) is 0. The Bertz CT molecular complexity index is 472. The van der Waals surface area contributed by atoms with Gasteiger partial charge >= 0.3 is 5.56 Å². The Morgan fingerprint density at radius 1 is 1.40 bits per heavy atom. The molecule has 1 saturated carbocycles. The van der Waals surface area contributed by atoms with Gasteiger partial charge in [0.2, 0.25) is 0 Å². The van der Waals surface area contributed by atoms with Crippen molar-refractivity contribution in [1.82, 2.24) is 9.55 Å². The van der Waals surface area contributed by atoms with Crippen molar-refractivity contribution in [2.45, 2.75) is 45.6 Å². The SMILES string of the molecule is CCCn1ccnc(OCC2CCCCC2CN)c1=O. The van der Waals surface area contributed by atoms with Crippen LogP contribution in [-0.2, 0) is 6.54 Å². The second-order valence-corrected chi connectivity index (χ2v) is 5.58. The molecule has 0 saturated heterocycles. The molecular weight excluding hydrogens is 254 g/mol. The van der Waals surface area contributed by atoms with Crippen LogP contribution in [0.3, 0.4) is 0 Å². The van der Waals surface area contributed by atoms with E-state index < -0.39 is 0 Å². The number of nitrogens with zero attached hydrogens (tertiary/aromatic N) is 2. The molecule has 0 radical (unpaired) electrons. The maximum atomic E-state index is 12.1. The van der Waals surface area contributed by atoms with Gasteiger partial charge in [0.25, 0.3) is 5.88 Å². The van der Waals surface area contributed by atoms with Crippen molar-refractivity contribution in [2.24, 2.45) is 17.6 Å². The van der Waals surface area contributed by atoms with Crippen molar-refractivity contribution in [3.05, 3.63) is 22.7 Å². The van der Waals surface area contributed by atoms with E-state index in [0.717, 1.165) is 12.8 Å². The van der Waals surface area contributed by atoms with Crippen LogP contribution in [0.4, 0.5) is 0 Å². The Morgan fingerprint density at radius 3 is 2.85 bits per heavy atom. The summed E-state index contributed by atoms with van der Waals surface area (Å²) >= 11 is 0. The van der Waals surface area contributed by atoms with Crippen LogP contribution >= 0.6 is 0 Å². The maximum Gasteiger partial charge on any atom is 0.313 e. The predicted molar refractivity (Wildman–Crippen MR) is 78.8 cm³/mol. The first-order valence-electron chi connectivity index (χ1n) is 7.64. The zero-order chi connectivity index (χ0) is 14.4. The predicted octanol–water partition coefficient (Wildman–Crippen LogP) is 1.80. The van der Waals surface area contributed by atoms with Crippen molar-refractivity contribution < 1.29 is 4.74 Å². The van der Waals surface area contributed by atoms with Gasteiger partial charge in [0.15, 0.2) is 0 Å². The molecule has 20 heavy (non-hydrogen) atoms. The van der Waals surface area contributed by atoms with Crippen LogP contribution in [0.15, 0.2) is 17.2 Å². The second kappa shape index (κ2) is 7.43. The molecule has 0 aromatic carbocycles. The molecule has 5 heteroatoms. The molecular formula is C15H25N3O2. The highest BCUT2D eigenvalue weighted by atomic mass is 16.5. The smallest absolute Gasteiger partial charge is 0.313 e. The van der Waals surface area contributed by atoms with Crippen molar-refractivity contribution in [3.63, 3.8) is 0 Å². The molecule has 0 bridgehead atoms. The Morgan fingerprint density at radius 2 is 2.15 bits per heavy atom. The van der Waals surface area contributed by atoms with Crippen molar-refractivity contribution in [2.75, 3.05) is 13.2 Å². The van der Waals surface area contributed by atoms with Crippen molar-refractivity contribution in [3.8, 4) is 5.88 Å². The minimum Gasteiger partial charge on any atom is -0.473 e. The highest BCUT2D eigenvalue weighted by Crippen LogP contribution is 2.29. The van der Waals surface area contributed by atoms with Crippen LogP contribution in [0.25, 0.3) is 0 Å². The molecule has 2 atom stereocenters. The Kier molecular flexibility index (Phi) is 5.59. The van der Waals surface area contributed by atoms with Gasteiger partial charge in [-0.3, -0.25) is 4.79 Å². The van der Waals surface area contributed by atoms with Crippen LogP contribution in [0, 0.1) is 11.8 Å². The zero-order valence-corrected chi connectivity index (χ0v) is 12.3. The Balaban J connectivity index is 1.99. The number of aryl methyl sites for hydroxylation is 1. The van der Waals surface area contributed by atoms with Crippen molar-refractivity contribution >= 4 is 0 Å². The third-order valence-corrected chi connectivity index (χ3v) is 4.15. The number of hydrogen-bond donors (Lipinski definition) is 1. The molecule has 1 aliphatic rings. The number of rotatable bonds is 6. The van der Waals surface area contributed by atoms with Gasteiger partial charge in [-0.25, -0.2) is 4.98 Å². The van der Waals surface area contributed by atoms with Gasteiger partial charge in [0, 0.05) is 18.9 Å². The number of ether oxygens (including phenoxy) is 1. The molecule has 112 valence electrons. The van der Waals surface area contributed by atoms with Gasteiger partial charge < -0.3 is 15.0 Å². The molecule has 0 aliphatic heterocycles. The lowest BCUT2D eigenvalue weighted by molar-refractivity contribution is 0.147. The zero-order valence-electron chi connectivity index (χ0n) is 12.3. The molecule has 1 heterocycles. The topological polar surface area (TPSA) is 70.1 Å². The molecule has 1 fully saturated rings. The first-order valence-corrected chi connectivity index (χ1v) is 7.64. The van der Waals surface area contributed by atoms with Gasteiger partial charge in [-0.1, -0.05) is 19.8 Å². The highest BCUT2D eigenvalue weighted by Gasteiger charge is 2.25. The fourth-order valence-corrected chi connectivity index (χ4v) is 2.94. The molecule has 0 spiro atoms. The molecule has 2 unspecified atom stereocenters. The number of aromatic nitrogens is 2. The number of nitrogens with two attached hydrogens (primary N) is 1. The summed E-state index contributed by atoms with van der Waals surface area (Å²) in [5.74, 6) is 1.20. The van der Waals surface area contributed by atoms with Crippen LogP contribution in [0.1, 0.15) is 39.0 Å². The van der Waals surface area contributed by atoms with Crippen LogP contribution < -0.4 is 16.0 Å². The first kappa shape index (κ1) is 15.0. The summed E-state index contributed by atoms with van der Waals surface area (Å²) in [7, 11) is 0. The fourth-order valence-electron chi connectivity index (χ4n) is 2.94. The molecule has 1 aromatic rings. The lowest BCUT2D eigenvalue weighted by Gasteiger charge is -2.30. The van der Waals surface area contributed by atoms with Gasteiger partial charge in [-0.05, 0) is 37.6 Å². The van der Waals surface area contributed by atoms with E-state index in [0.29, 0.717) is 31.5 Å².